The third kappa shape index (κ3) is 14.0. The summed E-state index contributed by atoms with van der Waals surface area (Å²) in [5.74, 6) is -1.40. The van der Waals surface area contributed by atoms with Crippen molar-refractivity contribution in [3.05, 3.63) is 107 Å². The molecule has 0 saturated heterocycles. The molecule has 4 N–H and O–H groups in total. The number of rotatable bonds is 12. The monoisotopic (exact) mass is 584 g/mol. The lowest BCUT2D eigenvalue weighted by molar-refractivity contribution is -0.136. The number of carbonyl (C=O) groups excluding carboxylic acids is 1. The van der Waals surface area contributed by atoms with E-state index in [0.717, 1.165) is 47.4 Å². The van der Waals surface area contributed by atoms with Crippen LogP contribution >= 0.6 is 11.6 Å². The molecule has 0 aliphatic carbocycles. The van der Waals surface area contributed by atoms with E-state index in [1.807, 2.05) is 51.1 Å². The van der Waals surface area contributed by atoms with E-state index in [1.165, 1.54) is 11.6 Å². The largest absolute Gasteiger partial charge is 0.481 e. The van der Waals surface area contributed by atoms with Gasteiger partial charge in [0.05, 0.1) is 12.1 Å². The standard InChI is InChI=1S/C20H27ClFN.C12H15NO3.C2H4/c1-6-7-8-17(14(3)9-10-15(4)21)16(5)18-11-13(2)12-19(22)20(18)23;1-2-9-3-5-10(6-4-9)12(16)13-8-7-11(14)15;1-2/h9-12,17H,5-8,23H2,1-4H3;3-6H,2,7-8H2,1H3,(H,13,16)(H,14,15);1-2H2/b14-9+,15-10+;;/t17-;;/m1../s1. The number of nitrogens with two attached hydrogens (primary N) is 1. The summed E-state index contributed by atoms with van der Waals surface area (Å²) in [5, 5.41) is 11.7. The van der Waals surface area contributed by atoms with E-state index in [0.29, 0.717) is 11.1 Å². The molecule has 41 heavy (non-hydrogen) atoms. The predicted molar refractivity (Wildman–Crippen MR) is 173 cm³/mol. The van der Waals surface area contributed by atoms with Gasteiger partial charge in [0.15, 0.2) is 0 Å². The second-order valence-corrected chi connectivity index (χ2v) is 10.1. The molecule has 0 heterocycles. The molecule has 0 aromatic heterocycles. The highest BCUT2D eigenvalue weighted by atomic mass is 35.5. The van der Waals surface area contributed by atoms with Gasteiger partial charge >= 0.3 is 5.97 Å². The molecule has 1 atom stereocenters. The van der Waals surface area contributed by atoms with Crippen molar-refractivity contribution in [2.75, 3.05) is 12.3 Å². The summed E-state index contributed by atoms with van der Waals surface area (Å²) < 4.78 is 14.0. The predicted octanol–water partition coefficient (Wildman–Crippen LogP) is 8.88. The molecule has 0 aliphatic heterocycles. The zero-order chi connectivity index (χ0) is 31.5. The van der Waals surface area contributed by atoms with Crippen LogP contribution in [0.15, 0.2) is 78.9 Å². The van der Waals surface area contributed by atoms with Crippen molar-refractivity contribution in [3.63, 3.8) is 0 Å². The van der Waals surface area contributed by atoms with Gasteiger partial charge in [-0.3, -0.25) is 9.59 Å². The van der Waals surface area contributed by atoms with Crippen molar-refractivity contribution in [1.82, 2.24) is 5.32 Å². The van der Waals surface area contributed by atoms with Crippen LogP contribution in [-0.4, -0.2) is 23.5 Å². The first-order chi connectivity index (χ1) is 19.4. The first kappa shape index (κ1) is 37.4. The molecule has 0 saturated carbocycles. The number of hydrogen-bond acceptors (Lipinski definition) is 3. The number of allylic oxidation sites excluding steroid dienone is 5. The van der Waals surface area contributed by atoms with Crippen molar-refractivity contribution in [1.29, 1.82) is 0 Å². The van der Waals surface area contributed by atoms with Gasteiger partial charge in [0.25, 0.3) is 5.91 Å². The number of aliphatic carboxylic acids is 1. The number of carboxylic acids is 1. The lowest BCUT2D eigenvalue weighted by Crippen LogP contribution is -2.25. The maximum absolute atomic E-state index is 14.0. The SMILES string of the molecule is C=C.C=C(c1cc(C)cc(F)c1N)[C@H](CCCC)/C(C)=C/C=C(\C)Cl.CCc1ccc(C(=O)NCCC(=O)O)cc1. The second kappa shape index (κ2) is 20.3. The van der Waals surface area contributed by atoms with Crippen LogP contribution in [0.1, 0.15) is 80.4 Å². The van der Waals surface area contributed by atoms with Gasteiger partial charge in [-0.1, -0.05) is 68.7 Å². The highest BCUT2D eigenvalue weighted by Crippen LogP contribution is 2.36. The maximum Gasteiger partial charge on any atom is 0.305 e. The molecule has 0 bridgehead atoms. The first-order valence-corrected chi connectivity index (χ1v) is 14.1. The van der Waals surface area contributed by atoms with Gasteiger partial charge < -0.3 is 16.2 Å². The van der Waals surface area contributed by atoms with E-state index in [4.69, 9.17) is 22.4 Å². The van der Waals surface area contributed by atoms with Crippen LogP contribution in [0.4, 0.5) is 10.1 Å². The number of hydrogen-bond donors (Lipinski definition) is 3. The molecular formula is C34H46ClFN2O3. The summed E-state index contributed by atoms with van der Waals surface area (Å²) in [6, 6.07) is 10.6. The third-order valence-corrected chi connectivity index (χ3v) is 6.39. The number of nitrogen functional groups attached to an aromatic ring is 1. The van der Waals surface area contributed by atoms with Gasteiger partial charge in [0.2, 0.25) is 0 Å². The Hall–Kier alpha value is -3.64. The number of unbranched alkanes of at least 4 members (excludes halogenated alkanes) is 1. The minimum Gasteiger partial charge on any atom is -0.481 e. The van der Waals surface area contributed by atoms with Crippen molar-refractivity contribution in [2.45, 2.75) is 66.7 Å². The van der Waals surface area contributed by atoms with E-state index in [1.54, 1.807) is 12.1 Å². The van der Waals surface area contributed by atoms with E-state index in [9.17, 15) is 14.0 Å². The first-order valence-electron chi connectivity index (χ1n) is 13.7. The molecule has 224 valence electrons. The Kier molecular flexibility index (Phi) is 18.5. The minimum absolute atomic E-state index is 0.0568. The number of halogens is 2. The van der Waals surface area contributed by atoms with Gasteiger partial charge in [-0.2, -0.15) is 0 Å². The second-order valence-electron chi connectivity index (χ2n) is 9.54. The summed E-state index contributed by atoms with van der Waals surface area (Å²) in [6.07, 6.45) is 7.90. The van der Waals surface area contributed by atoms with E-state index >= 15 is 0 Å². The van der Waals surface area contributed by atoms with Gasteiger partial charge in [0, 0.05) is 28.6 Å². The van der Waals surface area contributed by atoms with Crippen LogP contribution in [-0.2, 0) is 11.2 Å². The average Bonchev–Trinajstić information content (AvgIpc) is 2.95. The molecular weight excluding hydrogens is 539 g/mol. The van der Waals surface area contributed by atoms with Crippen molar-refractivity contribution >= 4 is 34.7 Å². The highest BCUT2D eigenvalue weighted by Gasteiger charge is 2.19. The van der Waals surface area contributed by atoms with Crippen LogP contribution in [0, 0.1) is 18.7 Å². The van der Waals surface area contributed by atoms with Crippen LogP contribution < -0.4 is 11.1 Å². The zero-order valence-electron chi connectivity index (χ0n) is 25.2. The van der Waals surface area contributed by atoms with Crippen molar-refractivity contribution in [3.8, 4) is 0 Å². The number of carboxylic acid groups (broad SMARTS) is 1. The van der Waals surface area contributed by atoms with Gasteiger partial charge in [-0.25, -0.2) is 4.39 Å². The lowest BCUT2D eigenvalue weighted by Gasteiger charge is -2.22. The normalized spacial score (nSPS) is 11.8. The number of aryl methyl sites for hydroxylation is 2. The lowest BCUT2D eigenvalue weighted by atomic mass is 9.83. The average molecular weight is 585 g/mol. The Balaban J connectivity index is 0.000000777. The molecule has 0 aliphatic rings. The number of anilines is 1. The fraction of sp³-hybridized carbons (Fsp3) is 0.353. The Morgan fingerprint density at radius 3 is 2.24 bits per heavy atom. The number of nitrogens with one attached hydrogen (secondary N) is 1. The summed E-state index contributed by atoms with van der Waals surface area (Å²) in [4.78, 5) is 21.8. The molecule has 5 nitrogen and oxygen atoms in total. The Morgan fingerprint density at radius 2 is 1.73 bits per heavy atom. The minimum atomic E-state index is -0.915. The van der Waals surface area contributed by atoms with Crippen LogP contribution in [0.2, 0.25) is 0 Å². The molecule has 7 heteroatoms. The Labute approximate surface area is 250 Å². The molecule has 0 fully saturated rings. The van der Waals surface area contributed by atoms with Crippen LogP contribution in [0.5, 0.6) is 0 Å². The Bertz CT molecular complexity index is 1200. The molecule has 0 unspecified atom stereocenters. The summed E-state index contributed by atoms with van der Waals surface area (Å²) >= 11 is 5.92. The van der Waals surface area contributed by atoms with Crippen molar-refractivity contribution in [2.24, 2.45) is 5.92 Å². The molecule has 1 amide bonds. The zero-order valence-corrected chi connectivity index (χ0v) is 25.9. The quantitative estimate of drug-likeness (QED) is 0.132. The smallest absolute Gasteiger partial charge is 0.305 e. The topological polar surface area (TPSA) is 92.4 Å². The third-order valence-electron chi connectivity index (χ3n) is 6.26. The van der Waals surface area contributed by atoms with Crippen molar-refractivity contribution < 1.29 is 19.1 Å². The van der Waals surface area contributed by atoms with E-state index in [-0.39, 0.29) is 36.3 Å². The van der Waals surface area contributed by atoms with Gasteiger partial charge in [-0.15, -0.1) is 13.2 Å². The number of benzene rings is 2. The molecule has 0 spiro atoms. The molecule has 2 aromatic carbocycles. The number of amides is 1. The fourth-order valence-electron chi connectivity index (χ4n) is 3.93. The highest BCUT2D eigenvalue weighted by molar-refractivity contribution is 6.29. The summed E-state index contributed by atoms with van der Waals surface area (Å²) in [6.45, 7) is 20.3. The molecule has 2 rings (SSSR count). The molecule has 0 radical (unpaired) electrons. The summed E-state index contributed by atoms with van der Waals surface area (Å²) in [5.41, 5.74) is 11.4. The van der Waals surface area contributed by atoms with E-state index < -0.39 is 5.97 Å². The van der Waals surface area contributed by atoms with E-state index in [2.05, 4.69) is 38.9 Å². The Morgan fingerprint density at radius 1 is 1.12 bits per heavy atom. The summed E-state index contributed by atoms with van der Waals surface area (Å²) in [7, 11) is 0. The van der Waals surface area contributed by atoms with Gasteiger partial charge in [0.1, 0.15) is 5.82 Å². The van der Waals surface area contributed by atoms with Gasteiger partial charge in [-0.05, 0) is 80.7 Å². The number of carbonyl (C=O) groups is 2. The fourth-order valence-corrected chi connectivity index (χ4v) is 3.99. The van der Waals surface area contributed by atoms with Crippen LogP contribution in [0.3, 0.4) is 0 Å². The maximum atomic E-state index is 14.0. The van der Waals surface area contributed by atoms with Crippen LogP contribution in [0.25, 0.3) is 5.57 Å². The molecule has 2 aromatic rings.